The van der Waals surface area contributed by atoms with Crippen LogP contribution in [0.15, 0.2) is 128 Å². The maximum absolute atomic E-state index is 10.6. The lowest BCUT2D eigenvalue weighted by Crippen LogP contribution is -2.25. The van der Waals surface area contributed by atoms with Crippen molar-refractivity contribution in [2.45, 2.75) is 45.7 Å². The number of nitrogens with zero attached hydrogens (tertiary/aromatic N) is 5. The molecule has 0 amide bonds. The topological polar surface area (TPSA) is 96.1 Å². The van der Waals surface area contributed by atoms with Gasteiger partial charge in [0.2, 0.25) is 11.8 Å². The van der Waals surface area contributed by atoms with Gasteiger partial charge in [-0.3, -0.25) is 4.90 Å². The van der Waals surface area contributed by atoms with E-state index in [9.17, 15) is 10.2 Å². The Bertz CT molecular complexity index is 1900. The van der Waals surface area contributed by atoms with Crippen molar-refractivity contribution in [1.82, 2.24) is 19.4 Å². The van der Waals surface area contributed by atoms with Crippen LogP contribution in [0.1, 0.15) is 27.8 Å². The van der Waals surface area contributed by atoms with Crippen LogP contribution in [0.4, 0.5) is 5.95 Å². The fraction of sp³-hybridized carbons (Fsp3) is 0.268. The molecule has 1 aliphatic rings. The van der Waals surface area contributed by atoms with Gasteiger partial charge in [0.25, 0.3) is 0 Å². The number of ether oxygens (including phenoxy) is 2. The SMILES string of the molecule is OC[C@H]1CN(Cc2cn(COCc3ccccc3)c3c(OCc4ccccc4)nc(N(Cc4ccccc4)Cc4ccccc4)nc23)C[C@@H]1O. The second kappa shape index (κ2) is 16.1. The first-order chi connectivity index (χ1) is 24.6. The summed E-state index contributed by atoms with van der Waals surface area (Å²) in [6.07, 6.45) is 1.49. The van der Waals surface area contributed by atoms with E-state index < -0.39 is 6.10 Å². The summed E-state index contributed by atoms with van der Waals surface area (Å²) in [7, 11) is 0. The molecule has 6 aromatic rings. The number of hydrogen-bond donors (Lipinski definition) is 2. The van der Waals surface area contributed by atoms with Gasteiger partial charge in [0.1, 0.15) is 24.4 Å². The van der Waals surface area contributed by atoms with E-state index in [1.165, 1.54) is 0 Å². The molecule has 9 heteroatoms. The van der Waals surface area contributed by atoms with E-state index in [2.05, 4.69) is 40.3 Å². The Hall–Kier alpha value is -5.06. The largest absolute Gasteiger partial charge is 0.471 e. The number of aromatic nitrogens is 3. The number of likely N-dealkylation sites (tertiary alicyclic amines) is 1. The number of benzene rings is 4. The van der Waals surface area contributed by atoms with E-state index in [0.29, 0.717) is 57.8 Å². The maximum atomic E-state index is 10.6. The van der Waals surface area contributed by atoms with Gasteiger partial charge in [0.05, 0.1) is 12.7 Å². The van der Waals surface area contributed by atoms with Gasteiger partial charge >= 0.3 is 0 Å². The highest BCUT2D eigenvalue weighted by Crippen LogP contribution is 2.33. The smallest absolute Gasteiger partial charge is 0.243 e. The molecule has 9 nitrogen and oxygen atoms in total. The Morgan fingerprint density at radius 3 is 1.82 bits per heavy atom. The molecule has 2 N–H and O–H groups in total. The van der Waals surface area contributed by atoms with Crippen molar-refractivity contribution in [2.75, 3.05) is 24.6 Å². The van der Waals surface area contributed by atoms with Crippen molar-refractivity contribution in [1.29, 1.82) is 0 Å². The molecule has 7 rings (SSSR count). The zero-order valence-electron chi connectivity index (χ0n) is 28.1. The minimum absolute atomic E-state index is 0.0511. The van der Waals surface area contributed by atoms with Gasteiger partial charge in [-0.15, -0.1) is 0 Å². The van der Waals surface area contributed by atoms with E-state index in [1.807, 2.05) is 102 Å². The van der Waals surface area contributed by atoms with Gasteiger partial charge < -0.3 is 29.2 Å². The van der Waals surface area contributed by atoms with E-state index in [-0.39, 0.29) is 19.3 Å². The average molecular weight is 670 g/mol. The van der Waals surface area contributed by atoms with Crippen molar-refractivity contribution < 1.29 is 19.7 Å². The first-order valence-electron chi connectivity index (χ1n) is 17.1. The molecular weight excluding hydrogens is 626 g/mol. The molecule has 4 aromatic carbocycles. The summed E-state index contributed by atoms with van der Waals surface area (Å²) in [6, 6.07) is 40.9. The fourth-order valence-corrected chi connectivity index (χ4v) is 6.54. The molecule has 1 aliphatic heterocycles. The van der Waals surface area contributed by atoms with Crippen LogP contribution in [0.2, 0.25) is 0 Å². The van der Waals surface area contributed by atoms with Crippen LogP contribution in [0, 0.1) is 5.92 Å². The van der Waals surface area contributed by atoms with E-state index >= 15 is 0 Å². The molecule has 3 heterocycles. The maximum Gasteiger partial charge on any atom is 0.243 e. The lowest BCUT2D eigenvalue weighted by molar-refractivity contribution is 0.0662. The molecule has 0 unspecified atom stereocenters. The Kier molecular flexibility index (Phi) is 10.8. The number of fused-ring (bicyclic) bond motifs is 1. The first kappa shape index (κ1) is 33.4. The highest BCUT2D eigenvalue weighted by atomic mass is 16.5. The zero-order chi connectivity index (χ0) is 34.1. The Labute approximate surface area is 293 Å². The van der Waals surface area contributed by atoms with Crippen molar-refractivity contribution in [3.05, 3.63) is 155 Å². The summed E-state index contributed by atoms with van der Waals surface area (Å²) in [5.74, 6) is 0.858. The average Bonchev–Trinajstić information content (AvgIpc) is 3.70. The highest BCUT2D eigenvalue weighted by Gasteiger charge is 2.32. The van der Waals surface area contributed by atoms with Gasteiger partial charge in [0.15, 0.2) is 0 Å². The Morgan fingerprint density at radius 2 is 1.26 bits per heavy atom. The molecule has 0 spiro atoms. The second-order valence-electron chi connectivity index (χ2n) is 12.9. The third-order valence-corrected chi connectivity index (χ3v) is 9.13. The minimum Gasteiger partial charge on any atom is -0.471 e. The molecule has 2 aromatic heterocycles. The molecule has 2 atom stereocenters. The number of β-amino-alcohol motifs (C(OH)–C–C–N with tert-alkyl or cyclic N) is 1. The third-order valence-electron chi connectivity index (χ3n) is 9.13. The molecule has 256 valence electrons. The van der Waals surface area contributed by atoms with Crippen molar-refractivity contribution in [3.8, 4) is 5.88 Å². The van der Waals surface area contributed by atoms with Crippen LogP contribution in [0.3, 0.4) is 0 Å². The number of hydrogen-bond acceptors (Lipinski definition) is 8. The summed E-state index contributed by atoms with van der Waals surface area (Å²) in [5.41, 5.74) is 6.91. The normalized spacial score (nSPS) is 16.2. The minimum atomic E-state index is -0.579. The van der Waals surface area contributed by atoms with Crippen molar-refractivity contribution >= 4 is 17.0 Å². The Morgan fingerprint density at radius 1 is 0.700 bits per heavy atom. The molecule has 1 fully saturated rings. The quantitative estimate of drug-likeness (QED) is 0.134. The van der Waals surface area contributed by atoms with Crippen LogP contribution in [-0.2, 0) is 44.3 Å². The summed E-state index contributed by atoms with van der Waals surface area (Å²) in [4.78, 5) is 14.8. The van der Waals surface area contributed by atoms with Gasteiger partial charge in [0, 0.05) is 57.0 Å². The lowest BCUT2D eigenvalue weighted by Gasteiger charge is -2.24. The molecule has 0 aliphatic carbocycles. The summed E-state index contributed by atoms with van der Waals surface area (Å²) < 4.78 is 14.9. The molecule has 0 radical (unpaired) electrons. The summed E-state index contributed by atoms with van der Waals surface area (Å²) >= 11 is 0. The van der Waals surface area contributed by atoms with Gasteiger partial charge in [-0.2, -0.15) is 4.98 Å². The number of aliphatic hydroxyl groups excluding tert-OH is 2. The van der Waals surface area contributed by atoms with Gasteiger partial charge in [-0.25, -0.2) is 4.98 Å². The van der Waals surface area contributed by atoms with Crippen LogP contribution in [0.25, 0.3) is 11.0 Å². The highest BCUT2D eigenvalue weighted by molar-refractivity contribution is 5.85. The molecular formula is C41H43N5O4. The van der Waals surface area contributed by atoms with Crippen LogP contribution < -0.4 is 9.64 Å². The Balaban J connectivity index is 1.31. The number of anilines is 1. The van der Waals surface area contributed by atoms with Crippen molar-refractivity contribution in [2.24, 2.45) is 5.92 Å². The fourth-order valence-electron chi connectivity index (χ4n) is 6.54. The third kappa shape index (κ3) is 8.21. The molecule has 1 saturated heterocycles. The molecule has 0 saturated carbocycles. The summed E-state index contributed by atoms with van der Waals surface area (Å²) in [5, 5.41) is 20.5. The molecule has 50 heavy (non-hydrogen) atoms. The first-order valence-corrected chi connectivity index (χ1v) is 17.1. The zero-order valence-corrected chi connectivity index (χ0v) is 28.1. The monoisotopic (exact) mass is 669 g/mol. The summed E-state index contributed by atoms with van der Waals surface area (Å²) in [6.45, 7) is 3.84. The van der Waals surface area contributed by atoms with E-state index in [1.54, 1.807) is 0 Å². The predicted molar refractivity (Wildman–Crippen MR) is 194 cm³/mol. The van der Waals surface area contributed by atoms with Gasteiger partial charge in [-0.1, -0.05) is 121 Å². The van der Waals surface area contributed by atoms with Crippen LogP contribution >= 0.6 is 0 Å². The number of rotatable bonds is 15. The van der Waals surface area contributed by atoms with Gasteiger partial charge in [-0.05, 0) is 22.3 Å². The second-order valence-corrected chi connectivity index (χ2v) is 12.9. The van der Waals surface area contributed by atoms with Crippen LogP contribution in [0.5, 0.6) is 5.88 Å². The van der Waals surface area contributed by atoms with Crippen molar-refractivity contribution in [3.63, 3.8) is 0 Å². The van der Waals surface area contributed by atoms with E-state index in [0.717, 1.165) is 38.9 Å². The van der Waals surface area contributed by atoms with E-state index in [4.69, 9.17) is 19.4 Å². The predicted octanol–water partition coefficient (Wildman–Crippen LogP) is 6.18. The standard InChI is InChI=1S/C41H43N5O4/c47-27-36-24-44(26-37(36)48)23-35-25-46(30-49-28-33-17-9-3-10-18-33)39-38(35)42-41(43-40(39)50-29-34-19-11-4-12-20-34)45(21-31-13-5-1-6-14-31)22-32-15-7-2-8-16-32/h1-20,25,36-37,47-48H,21-24,26-30H2/t36-,37+/m1/s1. The van der Waals surface area contributed by atoms with Crippen LogP contribution in [-0.4, -0.2) is 55.4 Å². The number of aliphatic hydroxyl groups is 2. The molecule has 0 bridgehead atoms. The lowest BCUT2D eigenvalue weighted by atomic mass is 10.1.